The van der Waals surface area contributed by atoms with Crippen LogP contribution in [0.15, 0.2) is 30.6 Å². The van der Waals surface area contributed by atoms with Gasteiger partial charge in [0.1, 0.15) is 29.9 Å². The van der Waals surface area contributed by atoms with Crippen LogP contribution in [0, 0.1) is 11.8 Å². The monoisotopic (exact) mass is 465 g/mol. The molecule has 8 atom stereocenters. The van der Waals surface area contributed by atoms with Crippen molar-refractivity contribution in [3.8, 4) is 0 Å². The first-order valence-corrected chi connectivity index (χ1v) is 12.4. The zero-order valence-electron chi connectivity index (χ0n) is 18.8. The molecule has 3 heterocycles. The molecule has 5 N–H and O–H groups in total. The van der Waals surface area contributed by atoms with E-state index in [0.29, 0.717) is 5.92 Å². The van der Waals surface area contributed by atoms with Gasteiger partial charge in [0.15, 0.2) is 0 Å². The summed E-state index contributed by atoms with van der Waals surface area (Å²) < 4.78 is 5.89. The van der Waals surface area contributed by atoms with Crippen molar-refractivity contribution in [3.63, 3.8) is 0 Å². The minimum absolute atomic E-state index is 0.0379. The lowest BCUT2D eigenvalue weighted by Gasteiger charge is -2.44. The largest absolute Gasteiger partial charge is 0.388 e. The fraction of sp³-hybridized carbons (Fsp3) is 0.652. The maximum atomic E-state index is 13.0. The number of nitrogens with zero attached hydrogens (tertiary/aromatic N) is 1. The summed E-state index contributed by atoms with van der Waals surface area (Å²) in [5, 5.41) is 37.2. The molecular formula is C23H35N3O5S. The third-order valence-electron chi connectivity index (χ3n) is 6.24. The molecule has 2 fully saturated rings. The Balaban J connectivity index is 1.56. The fourth-order valence-corrected chi connectivity index (χ4v) is 5.00. The molecule has 2 aliphatic heterocycles. The summed E-state index contributed by atoms with van der Waals surface area (Å²) in [4.78, 5) is 17.0. The second-order valence-corrected chi connectivity index (χ2v) is 9.87. The molecule has 0 spiro atoms. The van der Waals surface area contributed by atoms with Gasteiger partial charge in [-0.3, -0.25) is 9.78 Å². The van der Waals surface area contributed by atoms with Crippen molar-refractivity contribution in [1.29, 1.82) is 0 Å². The lowest BCUT2D eigenvalue weighted by molar-refractivity contribution is -0.208. The molecule has 0 bridgehead atoms. The number of rotatable bonds is 8. The maximum Gasteiger partial charge on any atom is 0.237 e. The summed E-state index contributed by atoms with van der Waals surface area (Å²) in [6.07, 6.45) is 6.46. The van der Waals surface area contributed by atoms with Gasteiger partial charge in [-0.25, -0.2) is 0 Å². The van der Waals surface area contributed by atoms with Crippen LogP contribution in [0.25, 0.3) is 6.08 Å². The predicted molar refractivity (Wildman–Crippen MR) is 125 cm³/mol. The summed E-state index contributed by atoms with van der Waals surface area (Å²) in [5.41, 5.74) is 0.430. The van der Waals surface area contributed by atoms with Gasteiger partial charge in [0.05, 0.1) is 12.1 Å². The number of nitrogens with one attached hydrogen (secondary N) is 2. The Kier molecular flexibility index (Phi) is 9.10. The molecule has 0 aromatic carbocycles. The topological polar surface area (TPSA) is 124 Å². The minimum Gasteiger partial charge on any atom is -0.388 e. The van der Waals surface area contributed by atoms with Crippen molar-refractivity contribution in [2.24, 2.45) is 11.8 Å². The molecule has 9 heteroatoms. The molecule has 1 aromatic heterocycles. The average molecular weight is 466 g/mol. The summed E-state index contributed by atoms with van der Waals surface area (Å²) in [6.45, 7) is 4.62. The van der Waals surface area contributed by atoms with E-state index in [1.807, 2.05) is 26.0 Å². The van der Waals surface area contributed by atoms with Crippen LogP contribution < -0.4 is 10.6 Å². The first kappa shape index (κ1) is 25.1. The Morgan fingerprint density at radius 1 is 1.28 bits per heavy atom. The minimum atomic E-state index is -1.33. The van der Waals surface area contributed by atoms with Gasteiger partial charge in [0, 0.05) is 12.4 Å². The van der Waals surface area contributed by atoms with Gasteiger partial charge in [0.25, 0.3) is 0 Å². The summed E-state index contributed by atoms with van der Waals surface area (Å²) >= 11 is 1.26. The number of hydrogen-bond donors (Lipinski definition) is 5. The number of thioether (sulfide) groups is 1. The number of hydrogen-bond acceptors (Lipinski definition) is 8. The smallest absolute Gasteiger partial charge is 0.237 e. The van der Waals surface area contributed by atoms with Crippen LogP contribution in [-0.4, -0.2) is 80.9 Å². The van der Waals surface area contributed by atoms with Crippen molar-refractivity contribution < 1.29 is 24.9 Å². The molecule has 1 aromatic rings. The molecule has 3 rings (SSSR count). The van der Waals surface area contributed by atoms with Crippen LogP contribution in [0.5, 0.6) is 0 Å². The fourth-order valence-electron chi connectivity index (χ4n) is 4.32. The zero-order chi connectivity index (χ0) is 23.3. The second kappa shape index (κ2) is 11.6. The number of ether oxygens (including phenoxy) is 1. The summed E-state index contributed by atoms with van der Waals surface area (Å²) in [7, 11) is 0. The van der Waals surface area contributed by atoms with E-state index in [9.17, 15) is 20.1 Å². The number of aromatic nitrogens is 1. The molecule has 1 amide bonds. The highest BCUT2D eigenvalue weighted by atomic mass is 32.2. The molecule has 2 unspecified atom stereocenters. The number of aliphatic hydroxyl groups excluding tert-OH is 3. The Labute approximate surface area is 193 Å². The van der Waals surface area contributed by atoms with Crippen molar-refractivity contribution >= 4 is 23.7 Å². The van der Waals surface area contributed by atoms with Crippen molar-refractivity contribution in [1.82, 2.24) is 15.6 Å². The highest BCUT2D eigenvalue weighted by Gasteiger charge is 2.47. The number of pyridine rings is 1. The van der Waals surface area contributed by atoms with E-state index in [0.717, 1.165) is 24.9 Å². The predicted octanol–water partition coefficient (Wildman–Crippen LogP) is 0.774. The average Bonchev–Trinajstić information content (AvgIpc) is 3.26. The van der Waals surface area contributed by atoms with E-state index in [-0.39, 0.29) is 17.9 Å². The molecule has 2 saturated heterocycles. The van der Waals surface area contributed by atoms with Gasteiger partial charge in [-0.05, 0) is 55.2 Å². The van der Waals surface area contributed by atoms with Crippen molar-refractivity contribution in [3.05, 3.63) is 36.2 Å². The zero-order valence-corrected chi connectivity index (χ0v) is 19.6. The van der Waals surface area contributed by atoms with Gasteiger partial charge in [0.2, 0.25) is 5.91 Å². The lowest BCUT2D eigenvalue weighted by Crippen LogP contribution is -2.64. The van der Waals surface area contributed by atoms with Crippen molar-refractivity contribution in [2.75, 3.05) is 12.8 Å². The number of allylic oxidation sites excluding steroid dienone is 1. The van der Waals surface area contributed by atoms with E-state index >= 15 is 0 Å². The van der Waals surface area contributed by atoms with Crippen LogP contribution in [0.1, 0.15) is 32.3 Å². The summed E-state index contributed by atoms with van der Waals surface area (Å²) in [6, 6.07) is 3.08. The van der Waals surface area contributed by atoms with Crippen LogP contribution >= 0.6 is 11.8 Å². The van der Waals surface area contributed by atoms with Crippen LogP contribution in [0.2, 0.25) is 0 Å². The van der Waals surface area contributed by atoms with Crippen molar-refractivity contribution in [2.45, 2.75) is 68.6 Å². The molecule has 0 radical (unpaired) electrons. The molecular weight excluding hydrogens is 430 g/mol. The van der Waals surface area contributed by atoms with E-state index < -0.39 is 35.9 Å². The van der Waals surface area contributed by atoms with E-state index in [1.54, 1.807) is 18.6 Å². The summed E-state index contributed by atoms with van der Waals surface area (Å²) in [5.74, 6) is 0.182. The molecule has 32 heavy (non-hydrogen) atoms. The Hall–Kier alpha value is -1.49. The highest BCUT2D eigenvalue weighted by molar-refractivity contribution is 7.99. The highest BCUT2D eigenvalue weighted by Crippen LogP contribution is 2.30. The van der Waals surface area contributed by atoms with Crippen LogP contribution in [0.3, 0.4) is 0 Å². The number of amides is 1. The van der Waals surface area contributed by atoms with Gasteiger partial charge in [-0.2, -0.15) is 0 Å². The van der Waals surface area contributed by atoms with Gasteiger partial charge in [-0.15, -0.1) is 11.8 Å². The normalized spacial score (nSPS) is 34.2. The molecule has 2 aliphatic rings. The lowest BCUT2D eigenvalue weighted by atomic mass is 9.88. The van der Waals surface area contributed by atoms with E-state index in [4.69, 9.17) is 4.74 Å². The van der Waals surface area contributed by atoms with Gasteiger partial charge < -0.3 is 30.7 Å². The third kappa shape index (κ3) is 6.09. The van der Waals surface area contributed by atoms with Crippen LogP contribution in [0.4, 0.5) is 0 Å². The number of aliphatic hydroxyl groups is 3. The molecule has 0 saturated carbocycles. The Morgan fingerprint density at radius 2 is 2.00 bits per heavy atom. The van der Waals surface area contributed by atoms with Gasteiger partial charge >= 0.3 is 0 Å². The Morgan fingerprint density at radius 3 is 2.66 bits per heavy atom. The first-order valence-electron chi connectivity index (χ1n) is 11.1. The molecule has 8 nitrogen and oxygen atoms in total. The SMILES string of the molecule is CS[C@H]1OC([C@H](NC(=O)[C@@H]2CC(C/C=C/c3ccncc3)CN2)C(C)C)[C@H](O)[C@H](O)[C@H]1O. The van der Waals surface area contributed by atoms with Gasteiger partial charge in [-0.1, -0.05) is 26.0 Å². The number of carbonyl (C=O) groups is 1. The third-order valence-corrected chi connectivity index (χ3v) is 7.10. The quantitative estimate of drug-likeness (QED) is 0.382. The van der Waals surface area contributed by atoms with E-state index in [1.165, 1.54) is 11.8 Å². The Bertz CT molecular complexity index is 763. The standard InChI is InChI=1S/C23H35N3O5S/c1-13(2)17(21-19(28)18(27)20(29)23(31-21)32-3)26-22(30)16-11-15(12-25-16)6-4-5-14-7-9-24-10-8-14/h4-5,7-10,13,15-21,23,25,27-29H,6,11-12H2,1-3H3,(H,26,30)/b5-4+/t15?,16-,17+,18-,19+,20+,21?,23+/m0/s1. The van der Waals surface area contributed by atoms with E-state index in [2.05, 4.69) is 27.8 Å². The van der Waals surface area contributed by atoms with Crippen LogP contribution in [-0.2, 0) is 9.53 Å². The molecule has 178 valence electrons. The number of carbonyl (C=O) groups excluding carboxylic acids is 1. The molecule has 0 aliphatic carbocycles. The first-order chi connectivity index (χ1) is 15.3. The second-order valence-electron chi connectivity index (χ2n) is 8.94. The maximum absolute atomic E-state index is 13.0.